The number of ether oxygens (including phenoxy) is 1. The summed E-state index contributed by atoms with van der Waals surface area (Å²) in [6.07, 6.45) is 6.43. The van der Waals surface area contributed by atoms with Gasteiger partial charge in [0, 0.05) is 12.6 Å². The summed E-state index contributed by atoms with van der Waals surface area (Å²) in [6.45, 7) is 2.07. The van der Waals surface area contributed by atoms with Crippen molar-refractivity contribution in [1.82, 2.24) is 29.8 Å². The van der Waals surface area contributed by atoms with E-state index >= 15 is 0 Å². The molecule has 4 rings (SSSR count). The van der Waals surface area contributed by atoms with Crippen molar-refractivity contribution in [1.29, 1.82) is 0 Å². The second-order valence-corrected chi connectivity index (χ2v) is 8.24. The maximum Gasteiger partial charge on any atom is 0.330 e. The number of anilines is 2. The number of aromatic amines is 1. The first-order valence-corrected chi connectivity index (χ1v) is 11.4. The van der Waals surface area contributed by atoms with Crippen LogP contribution in [0.15, 0.2) is 40.2 Å². The molecule has 1 amide bonds. The fourth-order valence-corrected chi connectivity index (χ4v) is 4.21. The predicted octanol–water partition coefficient (Wildman–Crippen LogP) is 1.25. The van der Waals surface area contributed by atoms with E-state index in [0.717, 1.165) is 44.2 Å². The minimum Gasteiger partial charge on any atom is -0.484 e. The van der Waals surface area contributed by atoms with Crippen LogP contribution in [0.25, 0.3) is 5.69 Å². The van der Waals surface area contributed by atoms with Crippen molar-refractivity contribution in [3.05, 3.63) is 51.4 Å². The number of nitrogens with zero attached hydrogens (tertiary/aromatic N) is 6. The lowest BCUT2D eigenvalue weighted by Gasteiger charge is -2.29. The highest BCUT2D eigenvalue weighted by Crippen LogP contribution is 2.29. The van der Waals surface area contributed by atoms with Gasteiger partial charge in [-0.2, -0.15) is 0 Å². The molecule has 1 aliphatic carbocycles. The van der Waals surface area contributed by atoms with Crippen LogP contribution in [0.5, 0.6) is 5.75 Å². The summed E-state index contributed by atoms with van der Waals surface area (Å²) in [7, 11) is 0. The first-order chi connectivity index (χ1) is 16.5. The zero-order valence-corrected chi connectivity index (χ0v) is 19.0. The molecule has 1 saturated carbocycles. The molecule has 2 heterocycles. The highest BCUT2D eigenvalue weighted by atomic mass is 16.5. The van der Waals surface area contributed by atoms with Gasteiger partial charge in [0.25, 0.3) is 11.5 Å². The molecule has 0 radical (unpaired) electrons. The van der Waals surface area contributed by atoms with Crippen LogP contribution < -0.4 is 26.6 Å². The Balaban J connectivity index is 1.58. The molecule has 1 aliphatic rings. The van der Waals surface area contributed by atoms with Crippen molar-refractivity contribution < 1.29 is 9.53 Å². The third-order valence-electron chi connectivity index (χ3n) is 5.96. The fourth-order valence-electron chi connectivity index (χ4n) is 4.21. The smallest absolute Gasteiger partial charge is 0.330 e. The number of nitrogens with one attached hydrogen (secondary N) is 1. The molecule has 12 heteroatoms. The Morgan fingerprint density at radius 3 is 2.62 bits per heavy atom. The summed E-state index contributed by atoms with van der Waals surface area (Å²) < 4.78 is 8.55. The number of rotatable bonds is 9. The number of nitrogen functional groups attached to an aromatic ring is 1. The Morgan fingerprint density at radius 1 is 1.24 bits per heavy atom. The second-order valence-electron chi connectivity index (χ2n) is 8.24. The number of hydrogen-bond acceptors (Lipinski definition) is 8. The number of benzene rings is 1. The summed E-state index contributed by atoms with van der Waals surface area (Å²) in [4.78, 5) is 42.3. The molecule has 180 valence electrons. The lowest BCUT2D eigenvalue weighted by atomic mass is 10.2. The monoisotopic (exact) mass is 468 g/mol. The van der Waals surface area contributed by atoms with Gasteiger partial charge < -0.3 is 10.5 Å². The van der Waals surface area contributed by atoms with E-state index in [1.54, 1.807) is 24.3 Å². The maximum absolute atomic E-state index is 13.3. The molecule has 0 spiro atoms. The highest BCUT2D eigenvalue weighted by molar-refractivity contribution is 5.97. The van der Waals surface area contributed by atoms with Gasteiger partial charge in [-0.25, -0.2) is 9.48 Å². The molecule has 1 aromatic carbocycles. The highest BCUT2D eigenvalue weighted by Gasteiger charge is 2.32. The summed E-state index contributed by atoms with van der Waals surface area (Å²) in [5.41, 5.74) is 5.81. The Kier molecular flexibility index (Phi) is 7.04. The summed E-state index contributed by atoms with van der Waals surface area (Å²) in [6, 6.07) is 6.75. The van der Waals surface area contributed by atoms with E-state index in [1.807, 2.05) is 6.92 Å². The molecule has 2 aromatic heterocycles. The summed E-state index contributed by atoms with van der Waals surface area (Å²) in [5.74, 6) is 0.0916. The van der Waals surface area contributed by atoms with Gasteiger partial charge in [0.15, 0.2) is 12.3 Å². The normalized spacial score (nSPS) is 13.8. The molecular weight excluding hydrogens is 440 g/mol. The van der Waals surface area contributed by atoms with Gasteiger partial charge in [-0.3, -0.25) is 24.0 Å². The van der Waals surface area contributed by atoms with Crippen LogP contribution in [-0.2, 0) is 11.3 Å². The predicted molar refractivity (Wildman–Crippen MR) is 125 cm³/mol. The average Bonchev–Trinajstić information content (AvgIpc) is 3.55. The lowest BCUT2D eigenvalue weighted by molar-refractivity contribution is -0.121. The van der Waals surface area contributed by atoms with Crippen LogP contribution >= 0.6 is 0 Å². The van der Waals surface area contributed by atoms with Gasteiger partial charge in [-0.1, -0.05) is 26.2 Å². The largest absolute Gasteiger partial charge is 0.484 e. The second kappa shape index (κ2) is 10.3. The van der Waals surface area contributed by atoms with Crippen molar-refractivity contribution in [2.24, 2.45) is 0 Å². The van der Waals surface area contributed by atoms with Gasteiger partial charge in [-0.15, -0.1) is 5.10 Å². The minimum atomic E-state index is -0.665. The lowest BCUT2D eigenvalue weighted by Crippen LogP contribution is -2.47. The number of nitrogens with two attached hydrogens (primary N) is 1. The fraction of sp³-hybridized carbons (Fsp3) is 0.455. The quantitative estimate of drug-likeness (QED) is 0.475. The number of tetrazole rings is 1. The molecule has 0 unspecified atom stereocenters. The molecule has 1 fully saturated rings. The van der Waals surface area contributed by atoms with Crippen molar-refractivity contribution in [3.63, 3.8) is 0 Å². The molecule has 12 nitrogen and oxygen atoms in total. The summed E-state index contributed by atoms with van der Waals surface area (Å²) >= 11 is 0. The molecule has 3 N–H and O–H groups in total. The zero-order valence-electron chi connectivity index (χ0n) is 19.0. The first-order valence-electron chi connectivity index (χ1n) is 11.4. The van der Waals surface area contributed by atoms with Crippen LogP contribution in [-0.4, -0.2) is 48.3 Å². The number of carbonyl (C=O) groups excluding carboxylic acids is 1. The number of aromatic nitrogens is 6. The van der Waals surface area contributed by atoms with Gasteiger partial charge in [0.2, 0.25) is 0 Å². The van der Waals surface area contributed by atoms with E-state index < -0.39 is 17.2 Å². The molecule has 0 aliphatic heterocycles. The molecular formula is C22H28N8O4. The van der Waals surface area contributed by atoms with Crippen LogP contribution in [0.1, 0.15) is 45.4 Å². The van der Waals surface area contributed by atoms with Crippen LogP contribution in [0.4, 0.5) is 11.5 Å². The molecule has 0 bridgehead atoms. The average molecular weight is 469 g/mol. The van der Waals surface area contributed by atoms with E-state index in [9.17, 15) is 14.4 Å². The third-order valence-corrected chi connectivity index (χ3v) is 5.96. The van der Waals surface area contributed by atoms with Crippen molar-refractivity contribution in [2.75, 3.05) is 17.2 Å². The van der Waals surface area contributed by atoms with E-state index in [4.69, 9.17) is 10.5 Å². The van der Waals surface area contributed by atoms with Gasteiger partial charge >= 0.3 is 5.69 Å². The van der Waals surface area contributed by atoms with E-state index in [2.05, 4.69) is 20.5 Å². The number of hydrogen-bond donors (Lipinski definition) is 2. The van der Waals surface area contributed by atoms with Gasteiger partial charge in [0.05, 0.1) is 5.69 Å². The van der Waals surface area contributed by atoms with Crippen LogP contribution in [0.3, 0.4) is 0 Å². The number of H-pyrrole nitrogens is 1. The van der Waals surface area contributed by atoms with Gasteiger partial charge in [0.1, 0.15) is 17.9 Å². The topological polar surface area (TPSA) is 154 Å². The Hall–Kier alpha value is -3.96. The molecule has 34 heavy (non-hydrogen) atoms. The van der Waals surface area contributed by atoms with Crippen molar-refractivity contribution >= 4 is 17.4 Å². The third kappa shape index (κ3) is 4.85. The molecule has 0 atom stereocenters. The Morgan fingerprint density at radius 2 is 1.97 bits per heavy atom. The SMILES string of the molecule is CCCCn1c(N)c(N(C(=O)COc2ccc(-n3cnnn3)cc2)C2CCCC2)c(=O)[nH]c1=O. The maximum atomic E-state index is 13.3. The standard InChI is InChI=1S/C22H28N8O4/c1-2-3-12-28-20(23)19(21(32)25-22(28)33)30(16-6-4-5-7-16)18(31)13-34-17-10-8-15(9-11-17)29-14-24-26-27-29/h8-11,14,16H,2-7,12-13,23H2,1H3,(H,25,32,33). The first kappa shape index (κ1) is 23.2. The van der Waals surface area contributed by atoms with Crippen molar-refractivity contribution in [3.8, 4) is 11.4 Å². The van der Waals surface area contributed by atoms with E-state index in [1.165, 1.54) is 20.5 Å². The Labute approximate surface area is 195 Å². The summed E-state index contributed by atoms with van der Waals surface area (Å²) in [5, 5.41) is 11.0. The Bertz CT molecular complexity index is 1230. The van der Waals surface area contributed by atoms with Crippen molar-refractivity contribution in [2.45, 2.75) is 58.0 Å². The molecule has 3 aromatic rings. The van der Waals surface area contributed by atoms with E-state index in [0.29, 0.717) is 12.3 Å². The number of amides is 1. The van der Waals surface area contributed by atoms with Crippen LogP contribution in [0, 0.1) is 0 Å². The zero-order chi connectivity index (χ0) is 24.1. The van der Waals surface area contributed by atoms with Crippen LogP contribution in [0.2, 0.25) is 0 Å². The number of unbranched alkanes of at least 4 members (excludes halogenated alkanes) is 1. The minimum absolute atomic E-state index is 0.00763. The van der Waals surface area contributed by atoms with Gasteiger partial charge in [-0.05, 0) is 54.0 Å². The number of carbonyl (C=O) groups is 1. The molecule has 0 saturated heterocycles. The van der Waals surface area contributed by atoms with E-state index in [-0.39, 0.29) is 24.2 Å².